The van der Waals surface area contributed by atoms with Gasteiger partial charge in [-0.1, -0.05) is 6.07 Å². The first-order valence-electron chi connectivity index (χ1n) is 6.43. The van der Waals surface area contributed by atoms with Crippen LogP contribution in [0.15, 0.2) is 36.4 Å². The summed E-state index contributed by atoms with van der Waals surface area (Å²) < 4.78 is 15.3. The Balaban J connectivity index is 2.26. The number of carboxylic acid groups (broad SMARTS) is 1. The summed E-state index contributed by atoms with van der Waals surface area (Å²) in [5.74, 6) is -0.704. The number of halogens is 1. The van der Waals surface area contributed by atoms with Crippen molar-refractivity contribution >= 4 is 17.0 Å². The SMILES string of the molecule is Cc1ccc(F)cc1-c1nc2cc(C(=O)O)ccc2n1C. The van der Waals surface area contributed by atoms with Crippen LogP contribution in [0.25, 0.3) is 22.4 Å². The summed E-state index contributed by atoms with van der Waals surface area (Å²) in [4.78, 5) is 15.5. The third-order valence-electron chi connectivity index (χ3n) is 3.57. The van der Waals surface area contributed by atoms with Gasteiger partial charge in [-0.25, -0.2) is 14.2 Å². The van der Waals surface area contributed by atoms with Crippen LogP contribution in [-0.4, -0.2) is 20.6 Å². The summed E-state index contributed by atoms with van der Waals surface area (Å²) in [5, 5.41) is 9.03. The molecule has 0 aliphatic carbocycles. The van der Waals surface area contributed by atoms with Crippen LogP contribution in [-0.2, 0) is 7.05 Å². The van der Waals surface area contributed by atoms with Gasteiger partial charge in [-0.3, -0.25) is 0 Å². The van der Waals surface area contributed by atoms with Gasteiger partial charge in [0.05, 0.1) is 16.6 Å². The highest BCUT2D eigenvalue weighted by molar-refractivity contribution is 5.93. The van der Waals surface area contributed by atoms with Gasteiger partial charge in [0.1, 0.15) is 11.6 Å². The van der Waals surface area contributed by atoms with Gasteiger partial charge < -0.3 is 9.67 Å². The molecule has 2 aromatic carbocycles. The van der Waals surface area contributed by atoms with E-state index in [4.69, 9.17) is 5.11 Å². The van der Waals surface area contributed by atoms with Crippen LogP contribution in [0, 0.1) is 12.7 Å². The summed E-state index contributed by atoms with van der Waals surface area (Å²) in [6.07, 6.45) is 0. The van der Waals surface area contributed by atoms with Crippen molar-refractivity contribution < 1.29 is 14.3 Å². The normalized spacial score (nSPS) is 11.0. The molecule has 1 aromatic heterocycles. The minimum absolute atomic E-state index is 0.183. The quantitative estimate of drug-likeness (QED) is 0.784. The lowest BCUT2D eigenvalue weighted by atomic mass is 10.1. The fourth-order valence-corrected chi connectivity index (χ4v) is 2.41. The zero-order valence-electron chi connectivity index (χ0n) is 11.6. The molecule has 106 valence electrons. The van der Waals surface area contributed by atoms with E-state index in [0.717, 1.165) is 11.1 Å². The van der Waals surface area contributed by atoms with Crippen molar-refractivity contribution in [1.82, 2.24) is 9.55 Å². The van der Waals surface area contributed by atoms with Crippen LogP contribution in [0.5, 0.6) is 0 Å². The molecule has 0 saturated carbocycles. The molecule has 5 heteroatoms. The fraction of sp³-hybridized carbons (Fsp3) is 0.125. The molecule has 0 amide bonds. The van der Waals surface area contributed by atoms with Crippen molar-refractivity contribution in [1.29, 1.82) is 0 Å². The van der Waals surface area contributed by atoms with Crippen molar-refractivity contribution in [2.75, 3.05) is 0 Å². The van der Waals surface area contributed by atoms with Crippen molar-refractivity contribution in [3.8, 4) is 11.4 Å². The van der Waals surface area contributed by atoms with E-state index in [0.29, 0.717) is 16.9 Å². The highest BCUT2D eigenvalue weighted by atomic mass is 19.1. The van der Waals surface area contributed by atoms with Crippen LogP contribution >= 0.6 is 0 Å². The largest absolute Gasteiger partial charge is 0.478 e. The Morgan fingerprint density at radius 2 is 2.00 bits per heavy atom. The number of aromatic nitrogens is 2. The summed E-state index contributed by atoms with van der Waals surface area (Å²) in [6, 6.07) is 9.32. The second kappa shape index (κ2) is 4.70. The molecular weight excluding hydrogens is 271 g/mol. The predicted octanol–water partition coefficient (Wildman–Crippen LogP) is 3.39. The number of imidazole rings is 1. The molecule has 0 radical (unpaired) electrons. The molecule has 0 fully saturated rings. The van der Waals surface area contributed by atoms with Gasteiger partial charge in [0, 0.05) is 12.6 Å². The molecule has 0 saturated heterocycles. The highest BCUT2D eigenvalue weighted by Crippen LogP contribution is 2.27. The average molecular weight is 284 g/mol. The minimum Gasteiger partial charge on any atom is -0.478 e. The molecule has 3 aromatic rings. The standard InChI is InChI=1S/C16H13FN2O2/c1-9-3-5-11(17)8-12(9)15-18-13-7-10(16(20)21)4-6-14(13)19(15)2/h3-8H,1-2H3,(H,20,21). The molecular formula is C16H13FN2O2. The van der Waals surface area contributed by atoms with Crippen molar-refractivity contribution in [2.24, 2.45) is 7.05 Å². The number of nitrogens with zero attached hydrogens (tertiary/aromatic N) is 2. The Hall–Kier alpha value is -2.69. The molecule has 0 aliphatic rings. The molecule has 4 nitrogen and oxygen atoms in total. The summed E-state index contributed by atoms with van der Waals surface area (Å²) in [7, 11) is 1.83. The number of hydrogen-bond acceptors (Lipinski definition) is 2. The number of carboxylic acids is 1. The van der Waals surface area contributed by atoms with Gasteiger partial charge in [0.25, 0.3) is 0 Å². The summed E-state index contributed by atoms with van der Waals surface area (Å²) in [5.41, 5.74) is 3.18. The van der Waals surface area contributed by atoms with E-state index in [1.807, 2.05) is 18.5 Å². The lowest BCUT2D eigenvalue weighted by molar-refractivity contribution is 0.0697. The number of carbonyl (C=O) groups is 1. The molecule has 0 spiro atoms. The third-order valence-corrected chi connectivity index (χ3v) is 3.57. The Morgan fingerprint density at radius 3 is 2.71 bits per heavy atom. The molecule has 1 N–H and O–H groups in total. The lowest BCUT2D eigenvalue weighted by Crippen LogP contribution is -1.96. The van der Waals surface area contributed by atoms with Crippen LogP contribution < -0.4 is 0 Å². The molecule has 0 unspecified atom stereocenters. The van der Waals surface area contributed by atoms with Crippen LogP contribution in [0.4, 0.5) is 4.39 Å². The smallest absolute Gasteiger partial charge is 0.335 e. The number of aryl methyl sites for hydroxylation is 2. The van der Waals surface area contributed by atoms with E-state index in [1.54, 1.807) is 12.1 Å². The van der Waals surface area contributed by atoms with E-state index >= 15 is 0 Å². The zero-order chi connectivity index (χ0) is 15.1. The number of hydrogen-bond donors (Lipinski definition) is 1. The summed E-state index contributed by atoms with van der Waals surface area (Å²) >= 11 is 0. The molecule has 21 heavy (non-hydrogen) atoms. The Bertz CT molecular complexity index is 868. The van der Waals surface area contributed by atoms with Crippen molar-refractivity contribution in [2.45, 2.75) is 6.92 Å². The van der Waals surface area contributed by atoms with E-state index in [9.17, 15) is 9.18 Å². The first-order valence-corrected chi connectivity index (χ1v) is 6.43. The molecule has 1 heterocycles. The first kappa shape index (κ1) is 13.3. The van der Waals surface area contributed by atoms with Crippen molar-refractivity contribution in [3.63, 3.8) is 0 Å². The van der Waals surface area contributed by atoms with E-state index in [1.165, 1.54) is 24.3 Å². The van der Waals surface area contributed by atoms with Gasteiger partial charge in [-0.2, -0.15) is 0 Å². The average Bonchev–Trinajstić information content (AvgIpc) is 2.78. The van der Waals surface area contributed by atoms with Gasteiger partial charge in [0.2, 0.25) is 0 Å². The monoisotopic (exact) mass is 284 g/mol. The molecule has 0 aliphatic heterocycles. The van der Waals surface area contributed by atoms with E-state index in [2.05, 4.69) is 4.98 Å². The van der Waals surface area contributed by atoms with Gasteiger partial charge >= 0.3 is 5.97 Å². The Labute approximate surface area is 120 Å². The Kier molecular flexibility index (Phi) is 2.97. The lowest BCUT2D eigenvalue weighted by Gasteiger charge is -2.06. The number of benzene rings is 2. The molecule has 3 rings (SSSR count). The van der Waals surface area contributed by atoms with Crippen LogP contribution in [0.1, 0.15) is 15.9 Å². The number of aromatic carboxylic acids is 1. The molecule has 0 bridgehead atoms. The van der Waals surface area contributed by atoms with Gasteiger partial charge in [0.15, 0.2) is 0 Å². The third kappa shape index (κ3) is 2.16. The maximum Gasteiger partial charge on any atom is 0.335 e. The van der Waals surface area contributed by atoms with Crippen LogP contribution in [0.3, 0.4) is 0 Å². The second-order valence-corrected chi connectivity index (χ2v) is 4.96. The zero-order valence-corrected chi connectivity index (χ0v) is 11.6. The van der Waals surface area contributed by atoms with Gasteiger partial charge in [-0.05, 0) is 42.8 Å². The fourth-order valence-electron chi connectivity index (χ4n) is 2.41. The number of rotatable bonds is 2. The highest BCUT2D eigenvalue weighted by Gasteiger charge is 2.14. The van der Waals surface area contributed by atoms with E-state index in [-0.39, 0.29) is 11.4 Å². The molecule has 0 atom stereocenters. The predicted molar refractivity (Wildman–Crippen MR) is 77.8 cm³/mol. The van der Waals surface area contributed by atoms with E-state index < -0.39 is 5.97 Å². The Morgan fingerprint density at radius 1 is 1.24 bits per heavy atom. The maximum atomic E-state index is 13.5. The van der Waals surface area contributed by atoms with Crippen LogP contribution in [0.2, 0.25) is 0 Å². The van der Waals surface area contributed by atoms with Gasteiger partial charge in [-0.15, -0.1) is 0 Å². The topological polar surface area (TPSA) is 55.1 Å². The second-order valence-electron chi connectivity index (χ2n) is 4.96. The summed E-state index contributed by atoms with van der Waals surface area (Å²) in [6.45, 7) is 1.89. The van der Waals surface area contributed by atoms with Crippen molar-refractivity contribution in [3.05, 3.63) is 53.3 Å². The first-order chi connectivity index (χ1) is 9.97. The number of fused-ring (bicyclic) bond motifs is 1. The maximum absolute atomic E-state index is 13.5. The minimum atomic E-state index is -0.994.